The third kappa shape index (κ3) is 4.14. The van der Waals surface area contributed by atoms with E-state index in [1.165, 1.54) is 18.3 Å². The molecule has 1 N–H and O–H groups in total. The predicted octanol–water partition coefficient (Wildman–Crippen LogP) is 5.02. The number of Topliss-reactive ketones (excluding diaryl/α,β-unsaturated/α-hetero) is 1. The summed E-state index contributed by atoms with van der Waals surface area (Å²) in [5.41, 5.74) is -0.425. The van der Waals surface area contributed by atoms with Crippen LogP contribution < -0.4 is 10.1 Å². The Morgan fingerprint density at radius 1 is 1.13 bits per heavy atom. The number of carbonyl (C=O) groups is 2. The summed E-state index contributed by atoms with van der Waals surface area (Å²) in [4.78, 5) is 28.3. The summed E-state index contributed by atoms with van der Waals surface area (Å²) in [5, 5.41) is 3.74. The number of ether oxygens (including phenoxy) is 1. The molecule has 158 valence electrons. The molecule has 1 aromatic carbocycles. The van der Waals surface area contributed by atoms with Crippen LogP contribution >= 0.6 is 23.2 Å². The highest BCUT2D eigenvalue weighted by atomic mass is 35.5. The zero-order chi connectivity index (χ0) is 21.5. The number of pyridine rings is 1. The molecule has 0 unspecified atom stereocenters. The van der Waals surface area contributed by atoms with Crippen molar-refractivity contribution in [3.05, 3.63) is 57.8 Å². The molecule has 1 heterocycles. The smallest absolute Gasteiger partial charge is 0.280 e. The number of benzene rings is 1. The van der Waals surface area contributed by atoms with Gasteiger partial charge in [0, 0.05) is 29.8 Å². The molecule has 5 rings (SSSR count). The number of carbonyl (C=O) groups excluding carboxylic acids is 2. The molecule has 3 saturated carbocycles. The zero-order valence-electron chi connectivity index (χ0n) is 15.8. The lowest BCUT2D eigenvalue weighted by Gasteiger charge is -2.70. The number of nitrogens with zero attached hydrogens (tertiary/aromatic N) is 1. The molecular weight excluding hydrogens is 437 g/mol. The van der Waals surface area contributed by atoms with Gasteiger partial charge in [-0.05, 0) is 48.9 Å². The minimum Gasteiger partial charge on any atom is -0.484 e. The van der Waals surface area contributed by atoms with Crippen LogP contribution in [0.1, 0.15) is 48.2 Å². The number of halogens is 4. The number of ketones is 1. The third-order valence-corrected chi connectivity index (χ3v) is 6.41. The monoisotopic (exact) mass is 454 g/mol. The summed E-state index contributed by atoms with van der Waals surface area (Å²) in [6.07, 6.45) is 1.01. The van der Waals surface area contributed by atoms with Gasteiger partial charge in [-0.1, -0.05) is 23.2 Å². The van der Waals surface area contributed by atoms with Crippen LogP contribution in [0.3, 0.4) is 0 Å². The average molecular weight is 455 g/mol. The van der Waals surface area contributed by atoms with Gasteiger partial charge in [0.05, 0.1) is 10.0 Å². The molecule has 2 aromatic rings. The van der Waals surface area contributed by atoms with Crippen LogP contribution in [-0.4, -0.2) is 28.8 Å². The predicted molar refractivity (Wildman–Crippen MR) is 107 cm³/mol. The van der Waals surface area contributed by atoms with Crippen LogP contribution in [0.2, 0.25) is 10.0 Å². The average Bonchev–Trinajstić information content (AvgIpc) is 2.66. The fourth-order valence-corrected chi connectivity index (χ4v) is 4.80. The van der Waals surface area contributed by atoms with Gasteiger partial charge >= 0.3 is 0 Å². The molecule has 0 spiro atoms. The molecule has 1 aromatic heterocycles. The Morgan fingerprint density at radius 2 is 1.87 bits per heavy atom. The summed E-state index contributed by atoms with van der Waals surface area (Å²) < 4.78 is 30.6. The van der Waals surface area contributed by atoms with E-state index in [9.17, 15) is 18.4 Å². The minimum absolute atomic E-state index is 0.120. The van der Waals surface area contributed by atoms with Gasteiger partial charge in [0.25, 0.3) is 12.3 Å². The summed E-state index contributed by atoms with van der Waals surface area (Å²) in [6, 6.07) is 7.33. The van der Waals surface area contributed by atoms with Crippen molar-refractivity contribution in [3.63, 3.8) is 0 Å². The van der Waals surface area contributed by atoms with Gasteiger partial charge in [-0.3, -0.25) is 14.6 Å². The van der Waals surface area contributed by atoms with Gasteiger partial charge in [-0.15, -0.1) is 0 Å². The normalized spacial score (nSPS) is 24.0. The first-order valence-corrected chi connectivity index (χ1v) is 10.1. The van der Waals surface area contributed by atoms with Crippen molar-refractivity contribution < 1.29 is 23.1 Å². The maximum atomic E-state index is 12.6. The van der Waals surface area contributed by atoms with Crippen molar-refractivity contribution in [1.82, 2.24) is 10.3 Å². The van der Waals surface area contributed by atoms with E-state index in [0.717, 1.165) is 0 Å². The SMILES string of the molecule is O=C(COc1ccc(Cl)c(Cl)c1)NC12CC(CC(=O)c3ccc(C(F)F)nc3)(C1)C2. The van der Waals surface area contributed by atoms with E-state index in [1.807, 2.05) is 0 Å². The van der Waals surface area contributed by atoms with E-state index in [4.69, 9.17) is 27.9 Å². The Hall–Kier alpha value is -2.25. The largest absolute Gasteiger partial charge is 0.484 e. The molecule has 1 amide bonds. The van der Waals surface area contributed by atoms with E-state index in [1.54, 1.807) is 18.2 Å². The van der Waals surface area contributed by atoms with Crippen LogP contribution in [-0.2, 0) is 4.79 Å². The first-order valence-electron chi connectivity index (χ1n) is 9.36. The van der Waals surface area contributed by atoms with E-state index in [0.29, 0.717) is 47.0 Å². The summed E-state index contributed by atoms with van der Waals surface area (Å²) in [5.74, 6) is 0.0871. The molecule has 30 heavy (non-hydrogen) atoms. The number of alkyl halides is 2. The number of hydrogen-bond donors (Lipinski definition) is 1. The molecule has 0 saturated heterocycles. The first kappa shape index (κ1) is 21.0. The fourth-order valence-electron chi connectivity index (χ4n) is 4.51. The third-order valence-electron chi connectivity index (χ3n) is 5.67. The van der Waals surface area contributed by atoms with Crippen LogP contribution in [0.4, 0.5) is 8.78 Å². The number of amides is 1. The Balaban J connectivity index is 1.23. The number of hydrogen-bond acceptors (Lipinski definition) is 4. The second-order valence-corrected chi connectivity index (χ2v) is 8.91. The van der Waals surface area contributed by atoms with Gasteiger partial charge in [0.1, 0.15) is 11.4 Å². The highest BCUT2D eigenvalue weighted by molar-refractivity contribution is 6.42. The summed E-state index contributed by atoms with van der Waals surface area (Å²) >= 11 is 11.8. The second kappa shape index (κ2) is 7.78. The van der Waals surface area contributed by atoms with E-state index >= 15 is 0 Å². The maximum Gasteiger partial charge on any atom is 0.280 e. The molecule has 9 heteroatoms. The molecular formula is C21H18Cl2F2N2O3. The highest BCUT2D eigenvalue weighted by Crippen LogP contribution is 2.69. The van der Waals surface area contributed by atoms with Crippen LogP contribution in [0, 0.1) is 5.41 Å². The topological polar surface area (TPSA) is 68.3 Å². The lowest BCUT2D eigenvalue weighted by atomic mass is 9.38. The number of rotatable bonds is 8. The van der Waals surface area contributed by atoms with E-state index < -0.39 is 6.43 Å². The molecule has 0 aliphatic heterocycles. The van der Waals surface area contributed by atoms with Crippen molar-refractivity contribution in [2.45, 2.75) is 37.6 Å². The molecule has 5 nitrogen and oxygen atoms in total. The Kier molecular flexibility index (Phi) is 5.45. The quantitative estimate of drug-likeness (QED) is 0.568. The second-order valence-electron chi connectivity index (χ2n) is 8.10. The van der Waals surface area contributed by atoms with Crippen LogP contribution in [0.15, 0.2) is 36.5 Å². The van der Waals surface area contributed by atoms with Gasteiger partial charge < -0.3 is 10.1 Å². The molecule has 3 aliphatic rings. The summed E-state index contributed by atoms with van der Waals surface area (Å²) in [7, 11) is 0. The van der Waals surface area contributed by atoms with Crippen molar-refractivity contribution in [3.8, 4) is 5.75 Å². The van der Waals surface area contributed by atoms with E-state index in [-0.39, 0.29) is 34.9 Å². The zero-order valence-corrected chi connectivity index (χ0v) is 17.3. The van der Waals surface area contributed by atoms with Gasteiger partial charge in [-0.25, -0.2) is 8.78 Å². The van der Waals surface area contributed by atoms with Gasteiger partial charge in [-0.2, -0.15) is 0 Å². The van der Waals surface area contributed by atoms with Crippen LogP contribution in [0.5, 0.6) is 5.75 Å². The fraction of sp³-hybridized carbons (Fsp3) is 0.381. The maximum absolute atomic E-state index is 12.6. The molecule has 3 fully saturated rings. The molecule has 2 bridgehead atoms. The standard InChI is InChI=1S/C21H18Cl2F2N2O3/c22-14-3-2-13(5-15(14)23)30-8-18(29)27-21-9-20(10-21,11-21)6-17(28)12-1-4-16(19(24)25)26-7-12/h1-5,7,19H,6,8-11H2,(H,27,29). The molecule has 0 radical (unpaired) electrons. The Bertz CT molecular complexity index is 978. The lowest BCUT2D eigenvalue weighted by Crippen LogP contribution is -2.75. The number of nitrogens with one attached hydrogen (secondary N) is 1. The number of aromatic nitrogens is 1. The first-order chi connectivity index (χ1) is 14.2. The Morgan fingerprint density at radius 3 is 2.47 bits per heavy atom. The lowest BCUT2D eigenvalue weighted by molar-refractivity contribution is -0.164. The summed E-state index contributed by atoms with van der Waals surface area (Å²) in [6.45, 7) is -0.145. The minimum atomic E-state index is -2.66. The Labute approximate surface area is 181 Å². The molecule has 0 atom stereocenters. The molecule has 3 aliphatic carbocycles. The van der Waals surface area contributed by atoms with Gasteiger partial charge in [0.15, 0.2) is 12.4 Å². The van der Waals surface area contributed by atoms with Crippen LogP contribution in [0.25, 0.3) is 0 Å². The van der Waals surface area contributed by atoms with Crippen molar-refractivity contribution in [2.75, 3.05) is 6.61 Å². The van der Waals surface area contributed by atoms with Crippen molar-refractivity contribution >= 4 is 34.9 Å². The highest BCUT2D eigenvalue weighted by Gasteiger charge is 2.68. The van der Waals surface area contributed by atoms with Gasteiger partial charge in [0.2, 0.25) is 0 Å². The van der Waals surface area contributed by atoms with Crippen molar-refractivity contribution in [2.24, 2.45) is 5.41 Å². The van der Waals surface area contributed by atoms with Crippen molar-refractivity contribution in [1.29, 1.82) is 0 Å². The van der Waals surface area contributed by atoms with E-state index in [2.05, 4.69) is 10.3 Å².